The van der Waals surface area contributed by atoms with Gasteiger partial charge in [0.05, 0.1) is 12.2 Å². The predicted molar refractivity (Wildman–Crippen MR) is 60.5 cm³/mol. The number of hydrogen-bond acceptors (Lipinski definition) is 3. The van der Waals surface area contributed by atoms with Crippen molar-refractivity contribution in [2.75, 3.05) is 0 Å². The molecular weight excluding hydrogens is 204 g/mol. The topological polar surface area (TPSA) is 83.8 Å². The Balaban J connectivity index is 1.78. The first-order valence-corrected chi connectivity index (χ1v) is 5.70. The van der Waals surface area contributed by atoms with Gasteiger partial charge >= 0.3 is 0 Å². The average Bonchev–Trinajstić information content (AvgIpc) is 2.93. The molecule has 88 valence electrons. The van der Waals surface area contributed by atoms with Crippen molar-refractivity contribution in [2.45, 2.75) is 38.3 Å². The Labute approximate surface area is 94.8 Å². The van der Waals surface area contributed by atoms with Gasteiger partial charge in [0, 0.05) is 24.2 Å². The van der Waals surface area contributed by atoms with Gasteiger partial charge in [-0.1, -0.05) is 0 Å². The quantitative estimate of drug-likeness (QED) is 0.686. The highest BCUT2D eigenvalue weighted by Crippen LogP contribution is 2.32. The van der Waals surface area contributed by atoms with Gasteiger partial charge in [-0.2, -0.15) is 5.10 Å². The van der Waals surface area contributed by atoms with Gasteiger partial charge in [0.25, 0.3) is 0 Å². The molecule has 0 saturated heterocycles. The molecule has 0 aliphatic heterocycles. The number of rotatable bonds is 5. The Morgan fingerprint density at radius 3 is 3.06 bits per heavy atom. The third-order valence-electron chi connectivity index (χ3n) is 3.05. The lowest BCUT2D eigenvalue weighted by molar-refractivity contribution is -0.122. The summed E-state index contributed by atoms with van der Waals surface area (Å²) in [6.07, 6.45) is 6.27. The van der Waals surface area contributed by atoms with Crippen molar-refractivity contribution < 1.29 is 4.79 Å². The molecule has 0 spiro atoms. The SMILES string of the molecule is CC(NC(=O)CC(N)C1CC1)c1cn[nH]c1. The lowest BCUT2D eigenvalue weighted by atomic mass is 10.1. The molecule has 1 aromatic heterocycles. The lowest BCUT2D eigenvalue weighted by Crippen LogP contribution is -2.34. The van der Waals surface area contributed by atoms with Crippen molar-refractivity contribution >= 4 is 5.91 Å². The second-order valence-electron chi connectivity index (χ2n) is 4.53. The summed E-state index contributed by atoms with van der Waals surface area (Å²) in [7, 11) is 0. The highest BCUT2D eigenvalue weighted by Gasteiger charge is 2.30. The van der Waals surface area contributed by atoms with Gasteiger partial charge < -0.3 is 11.1 Å². The van der Waals surface area contributed by atoms with Crippen molar-refractivity contribution in [3.8, 4) is 0 Å². The summed E-state index contributed by atoms with van der Waals surface area (Å²) < 4.78 is 0. The summed E-state index contributed by atoms with van der Waals surface area (Å²) in [5.74, 6) is 0.586. The molecule has 1 heterocycles. The van der Waals surface area contributed by atoms with Crippen LogP contribution in [0, 0.1) is 5.92 Å². The van der Waals surface area contributed by atoms with E-state index in [2.05, 4.69) is 15.5 Å². The summed E-state index contributed by atoms with van der Waals surface area (Å²) >= 11 is 0. The van der Waals surface area contributed by atoms with E-state index in [0.717, 1.165) is 5.56 Å². The Kier molecular flexibility index (Phi) is 3.24. The molecule has 16 heavy (non-hydrogen) atoms. The molecule has 1 fully saturated rings. The third-order valence-corrected chi connectivity index (χ3v) is 3.05. The number of aromatic amines is 1. The van der Waals surface area contributed by atoms with Crippen molar-refractivity contribution in [1.29, 1.82) is 0 Å². The fourth-order valence-corrected chi connectivity index (χ4v) is 1.79. The number of carbonyl (C=O) groups excluding carboxylic acids is 1. The number of carbonyl (C=O) groups is 1. The van der Waals surface area contributed by atoms with Gasteiger partial charge in [-0.15, -0.1) is 0 Å². The van der Waals surface area contributed by atoms with E-state index in [0.29, 0.717) is 12.3 Å². The molecule has 2 atom stereocenters. The molecule has 5 heteroatoms. The maximum absolute atomic E-state index is 11.7. The number of aromatic nitrogens is 2. The molecule has 1 amide bonds. The molecule has 2 unspecified atom stereocenters. The highest BCUT2D eigenvalue weighted by molar-refractivity contribution is 5.77. The van der Waals surface area contributed by atoms with E-state index in [4.69, 9.17) is 5.73 Å². The molecule has 0 aromatic carbocycles. The van der Waals surface area contributed by atoms with Gasteiger partial charge in [0.15, 0.2) is 0 Å². The van der Waals surface area contributed by atoms with E-state index in [1.165, 1.54) is 12.8 Å². The lowest BCUT2D eigenvalue weighted by Gasteiger charge is -2.14. The second-order valence-corrected chi connectivity index (χ2v) is 4.53. The van der Waals surface area contributed by atoms with E-state index in [-0.39, 0.29) is 18.0 Å². The standard InChI is InChI=1S/C11H18N4O/c1-7(9-5-13-14-6-9)15-11(16)4-10(12)8-2-3-8/h5-8,10H,2-4,12H2,1H3,(H,13,14)(H,15,16). The van der Waals surface area contributed by atoms with Gasteiger partial charge in [-0.3, -0.25) is 9.89 Å². The number of amides is 1. The first-order valence-electron chi connectivity index (χ1n) is 5.70. The fraction of sp³-hybridized carbons (Fsp3) is 0.636. The zero-order chi connectivity index (χ0) is 11.5. The number of H-pyrrole nitrogens is 1. The Hall–Kier alpha value is -1.36. The van der Waals surface area contributed by atoms with Crippen LogP contribution in [0.3, 0.4) is 0 Å². The average molecular weight is 222 g/mol. The Morgan fingerprint density at radius 2 is 2.50 bits per heavy atom. The number of hydrogen-bond donors (Lipinski definition) is 3. The van der Waals surface area contributed by atoms with Crippen LogP contribution in [0.25, 0.3) is 0 Å². The van der Waals surface area contributed by atoms with Crippen LogP contribution in [0.5, 0.6) is 0 Å². The van der Waals surface area contributed by atoms with Crippen LogP contribution < -0.4 is 11.1 Å². The summed E-state index contributed by atoms with van der Waals surface area (Å²) in [5, 5.41) is 9.49. The van der Waals surface area contributed by atoms with Crippen LogP contribution in [-0.2, 0) is 4.79 Å². The number of nitrogens with two attached hydrogens (primary N) is 1. The van der Waals surface area contributed by atoms with E-state index in [1.807, 2.05) is 6.92 Å². The molecule has 1 aliphatic rings. The summed E-state index contributed by atoms with van der Waals surface area (Å²) in [6, 6.07) is 0.00852. The zero-order valence-electron chi connectivity index (χ0n) is 9.44. The Bertz CT molecular complexity index is 345. The van der Waals surface area contributed by atoms with Crippen LogP contribution in [0.1, 0.15) is 37.8 Å². The smallest absolute Gasteiger partial charge is 0.222 e. The van der Waals surface area contributed by atoms with E-state index < -0.39 is 0 Å². The summed E-state index contributed by atoms with van der Waals surface area (Å²) in [4.78, 5) is 11.7. The van der Waals surface area contributed by atoms with Crippen LogP contribution in [0.4, 0.5) is 0 Å². The van der Waals surface area contributed by atoms with Crippen molar-refractivity contribution in [2.24, 2.45) is 11.7 Å². The fourth-order valence-electron chi connectivity index (χ4n) is 1.79. The zero-order valence-corrected chi connectivity index (χ0v) is 9.44. The molecule has 0 bridgehead atoms. The van der Waals surface area contributed by atoms with Crippen molar-refractivity contribution in [3.05, 3.63) is 18.0 Å². The summed E-state index contributed by atoms with van der Waals surface area (Å²) in [6.45, 7) is 1.94. The molecule has 2 rings (SSSR count). The minimum Gasteiger partial charge on any atom is -0.349 e. The normalized spacial score (nSPS) is 19.1. The van der Waals surface area contributed by atoms with Crippen molar-refractivity contribution in [3.63, 3.8) is 0 Å². The van der Waals surface area contributed by atoms with Crippen molar-refractivity contribution in [1.82, 2.24) is 15.5 Å². The molecular formula is C11H18N4O. The first kappa shape index (κ1) is 11.1. The molecule has 4 N–H and O–H groups in total. The molecule has 1 aromatic rings. The van der Waals surface area contributed by atoms with Crippen LogP contribution in [0.2, 0.25) is 0 Å². The molecule has 5 nitrogen and oxygen atoms in total. The highest BCUT2D eigenvalue weighted by atomic mass is 16.1. The maximum Gasteiger partial charge on any atom is 0.222 e. The molecule has 1 saturated carbocycles. The second kappa shape index (κ2) is 4.65. The van der Waals surface area contributed by atoms with E-state index in [9.17, 15) is 4.79 Å². The maximum atomic E-state index is 11.7. The third kappa shape index (κ3) is 2.82. The van der Waals surface area contributed by atoms with Crippen LogP contribution >= 0.6 is 0 Å². The first-order chi connectivity index (χ1) is 7.66. The Morgan fingerprint density at radius 1 is 1.75 bits per heavy atom. The molecule has 0 radical (unpaired) electrons. The summed E-state index contributed by atoms with van der Waals surface area (Å²) in [5.41, 5.74) is 6.87. The predicted octanol–water partition coefficient (Wildman–Crippen LogP) is 0.714. The number of nitrogens with one attached hydrogen (secondary N) is 2. The van der Waals surface area contributed by atoms with E-state index >= 15 is 0 Å². The number of nitrogens with zero attached hydrogens (tertiary/aromatic N) is 1. The van der Waals surface area contributed by atoms with Gasteiger partial charge in [-0.25, -0.2) is 0 Å². The van der Waals surface area contributed by atoms with E-state index in [1.54, 1.807) is 12.4 Å². The van der Waals surface area contributed by atoms with Crippen LogP contribution in [-0.4, -0.2) is 22.1 Å². The minimum absolute atomic E-state index is 0.0161. The van der Waals surface area contributed by atoms with Gasteiger partial charge in [-0.05, 0) is 25.7 Å². The molecule has 1 aliphatic carbocycles. The van der Waals surface area contributed by atoms with Gasteiger partial charge in [0.1, 0.15) is 0 Å². The minimum atomic E-state index is -0.0161. The van der Waals surface area contributed by atoms with Crippen LogP contribution in [0.15, 0.2) is 12.4 Å². The largest absolute Gasteiger partial charge is 0.349 e. The van der Waals surface area contributed by atoms with Gasteiger partial charge in [0.2, 0.25) is 5.91 Å². The monoisotopic (exact) mass is 222 g/mol.